The maximum Gasteiger partial charge on any atom is 0.310 e. The Morgan fingerprint density at radius 2 is 2.05 bits per heavy atom. The van der Waals surface area contributed by atoms with E-state index in [4.69, 9.17) is 16.3 Å². The van der Waals surface area contributed by atoms with Gasteiger partial charge >= 0.3 is 5.97 Å². The molecule has 1 aromatic rings. The number of thioether (sulfide) groups is 1. The predicted octanol–water partition coefficient (Wildman–Crippen LogP) is 4.48. The van der Waals surface area contributed by atoms with E-state index in [1.807, 2.05) is 19.9 Å². The number of ether oxygens (including phenoxy) is 1. The highest BCUT2D eigenvalue weighted by Crippen LogP contribution is 2.67. The van der Waals surface area contributed by atoms with Gasteiger partial charge in [-0.1, -0.05) is 49.7 Å². The Labute approximate surface area is 234 Å². The van der Waals surface area contributed by atoms with Gasteiger partial charge in [-0.3, -0.25) is 14.4 Å². The summed E-state index contributed by atoms with van der Waals surface area (Å²) in [4.78, 5) is 45.3. The summed E-state index contributed by atoms with van der Waals surface area (Å²) in [6, 6.07) is 5.70. The minimum Gasteiger partial charge on any atom is -0.465 e. The molecule has 6 atom stereocenters. The number of carbonyl (C=O) groups is 3. The first-order valence-electron chi connectivity index (χ1n) is 13.3. The second-order valence-corrected chi connectivity index (χ2v) is 12.7. The summed E-state index contributed by atoms with van der Waals surface area (Å²) in [7, 11) is 0. The Morgan fingerprint density at radius 1 is 1.32 bits per heavy atom. The number of hydrogen-bond donors (Lipinski definition) is 1. The topological polar surface area (TPSA) is 87.1 Å². The molecule has 9 heteroatoms. The molecule has 0 aliphatic carbocycles. The van der Waals surface area contributed by atoms with Crippen LogP contribution in [0.2, 0.25) is 5.02 Å². The predicted molar refractivity (Wildman–Crippen MR) is 151 cm³/mol. The number of esters is 1. The minimum absolute atomic E-state index is 0.0940. The minimum atomic E-state index is -0.854. The third-order valence-corrected chi connectivity index (χ3v) is 10.2. The van der Waals surface area contributed by atoms with Crippen LogP contribution in [0.15, 0.2) is 49.6 Å². The Morgan fingerprint density at radius 3 is 2.68 bits per heavy atom. The molecule has 3 heterocycles. The van der Waals surface area contributed by atoms with Crippen molar-refractivity contribution in [3.8, 4) is 0 Å². The van der Waals surface area contributed by atoms with Gasteiger partial charge in [0.2, 0.25) is 5.91 Å². The molecule has 3 fully saturated rings. The van der Waals surface area contributed by atoms with E-state index >= 15 is 0 Å². The van der Waals surface area contributed by atoms with Gasteiger partial charge in [0.05, 0.1) is 46.5 Å². The number of benzene rings is 1. The maximum absolute atomic E-state index is 14.6. The lowest BCUT2D eigenvalue weighted by Gasteiger charge is -2.40. The molecule has 2 unspecified atom stereocenters. The highest BCUT2D eigenvalue weighted by molar-refractivity contribution is 8.02. The van der Waals surface area contributed by atoms with Crippen molar-refractivity contribution >= 4 is 46.8 Å². The van der Waals surface area contributed by atoms with Crippen molar-refractivity contribution in [3.05, 3.63) is 54.6 Å². The number of anilines is 1. The Hall–Kier alpha value is -2.29. The van der Waals surface area contributed by atoms with Crippen LogP contribution >= 0.6 is 23.4 Å². The summed E-state index contributed by atoms with van der Waals surface area (Å²) < 4.78 is 4.77. The molecule has 38 heavy (non-hydrogen) atoms. The number of fused-ring (bicyclic) bond motifs is 1. The molecule has 0 saturated carbocycles. The third-order valence-electron chi connectivity index (χ3n) is 7.88. The first kappa shape index (κ1) is 28.7. The number of hydrogen-bond acceptors (Lipinski definition) is 6. The van der Waals surface area contributed by atoms with Gasteiger partial charge in [-0.05, 0) is 43.7 Å². The fourth-order valence-corrected chi connectivity index (χ4v) is 8.87. The zero-order valence-electron chi connectivity index (χ0n) is 22.1. The van der Waals surface area contributed by atoms with Crippen LogP contribution in [0.5, 0.6) is 0 Å². The number of amides is 2. The average molecular weight is 561 g/mol. The van der Waals surface area contributed by atoms with Crippen LogP contribution in [0.25, 0.3) is 0 Å². The van der Waals surface area contributed by atoms with Crippen molar-refractivity contribution in [1.82, 2.24) is 4.90 Å². The summed E-state index contributed by atoms with van der Waals surface area (Å²) in [5.41, 5.74) is 0.536. The van der Waals surface area contributed by atoms with Crippen molar-refractivity contribution in [2.24, 2.45) is 17.8 Å². The maximum atomic E-state index is 14.6. The highest BCUT2D eigenvalue weighted by atomic mass is 35.5. The summed E-state index contributed by atoms with van der Waals surface area (Å²) in [5, 5.41) is 10.8. The van der Waals surface area contributed by atoms with E-state index in [-0.39, 0.29) is 42.7 Å². The van der Waals surface area contributed by atoms with Crippen molar-refractivity contribution in [2.45, 2.75) is 61.6 Å². The molecule has 206 valence electrons. The fourth-order valence-electron chi connectivity index (χ4n) is 6.45. The van der Waals surface area contributed by atoms with Gasteiger partial charge in [-0.15, -0.1) is 24.9 Å². The molecule has 1 N–H and O–H groups in total. The van der Waals surface area contributed by atoms with Gasteiger partial charge < -0.3 is 19.6 Å². The number of likely N-dealkylation sites (tertiary alicyclic amines) is 1. The van der Waals surface area contributed by atoms with E-state index in [1.54, 1.807) is 51.9 Å². The van der Waals surface area contributed by atoms with Gasteiger partial charge in [-0.2, -0.15) is 0 Å². The molecule has 4 rings (SSSR count). The van der Waals surface area contributed by atoms with E-state index in [2.05, 4.69) is 13.2 Å². The van der Waals surface area contributed by atoms with E-state index in [0.717, 1.165) is 6.42 Å². The molecule has 3 aliphatic rings. The number of aliphatic hydroxyl groups excluding tert-OH is 1. The van der Waals surface area contributed by atoms with Crippen molar-refractivity contribution in [3.63, 3.8) is 0 Å². The van der Waals surface area contributed by atoms with Crippen LogP contribution in [0.1, 0.15) is 39.5 Å². The smallest absolute Gasteiger partial charge is 0.310 e. The molecule has 3 saturated heterocycles. The third kappa shape index (κ3) is 4.91. The molecule has 2 bridgehead atoms. The number of halogens is 1. The lowest BCUT2D eigenvalue weighted by Crippen LogP contribution is -2.58. The van der Waals surface area contributed by atoms with Gasteiger partial charge in [0, 0.05) is 11.8 Å². The average Bonchev–Trinajstić information content (AvgIpc) is 3.53. The molecule has 0 radical (unpaired) electrons. The Bertz CT molecular complexity index is 1100. The Balaban J connectivity index is 1.79. The zero-order valence-corrected chi connectivity index (χ0v) is 23.6. The summed E-state index contributed by atoms with van der Waals surface area (Å²) in [6.45, 7) is 11.7. The SMILES string of the molecule is C=CCCOC(=O)[C@@H]1[C@H]2C(=O)N([C@@H](CO)CC(C)C)C(C(=O)N(CC=C)c3ccccc3Cl)C23CC[C@H]1S3. The van der Waals surface area contributed by atoms with E-state index in [1.165, 1.54) is 0 Å². The molecule has 1 spiro atoms. The second kappa shape index (κ2) is 11.8. The molecule has 3 aliphatic heterocycles. The standard InChI is InChI=1S/C29H37ClN2O5S/c1-5-7-15-37-28(36)23-22-12-13-29(38-22)24(23)26(34)32(19(17-33)16-18(3)4)25(29)27(35)31(14-6-2)21-11-9-8-10-20(21)30/h5-6,8-11,18-19,22-25,33H,1-2,7,12-17H2,3-4H3/t19-,22-,23+,24+,25?,29?/m1/s1. The molecule has 2 amide bonds. The highest BCUT2D eigenvalue weighted by Gasteiger charge is 2.74. The molecule has 0 aromatic heterocycles. The lowest BCUT2D eigenvalue weighted by atomic mass is 9.71. The molecule has 7 nitrogen and oxygen atoms in total. The van der Waals surface area contributed by atoms with E-state index in [9.17, 15) is 19.5 Å². The van der Waals surface area contributed by atoms with Crippen LogP contribution in [-0.2, 0) is 19.1 Å². The van der Waals surface area contributed by atoms with Crippen LogP contribution in [0, 0.1) is 17.8 Å². The van der Waals surface area contributed by atoms with Crippen LogP contribution in [0.4, 0.5) is 5.69 Å². The van der Waals surface area contributed by atoms with E-state index < -0.39 is 34.6 Å². The molecular formula is C29H37ClN2O5S. The number of aliphatic hydroxyl groups is 1. The van der Waals surface area contributed by atoms with Gasteiger partial charge in [-0.25, -0.2) is 0 Å². The monoisotopic (exact) mass is 560 g/mol. The number of nitrogens with zero attached hydrogens (tertiary/aromatic N) is 2. The lowest BCUT2D eigenvalue weighted by molar-refractivity contribution is -0.154. The number of rotatable bonds is 12. The van der Waals surface area contributed by atoms with Gasteiger partial charge in [0.25, 0.3) is 5.91 Å². The van der Waals surface area contributed by atoms with E-state index in [0.29, 0.717) is 30.0 Å². The van der Waals surface area contributed by atoms with Crippen molar-refractivity contribution < 1.29 is 24.2 Å². The van der Waals surface area contributed by atoms with Crippen molar-refractivity contribution in [2.75, 3.05) is 24.7 Å². The first-order chi connectivity index (χ1) is 18.2. The molecular weight excluding hydrogens is 524 g/mol. The molecule has 1 aromatic carbocycles. The largest absolute Gasteiger partial charge is 0.465 e. The summed E-state index contributed by atoms with van der Waals surface area (Å²) in [6.07, 6.45) is 5.73. The Kier molecular flexibility index (Phi) is 8.95. The zero-order chi connectivity index (χ0) is 27.6. The first-order valence-corrected chi connectivity index (χ1v) is 14.5. The van der Waals surface area contributed by atoms with Crippen LogP contribution < -0.4 is 4.90 Å². The van der Waals surface area contributed by atoms with Crippen molar-refractivity contribution in [1.29, 1.82) is 0 Å². The number of carbonyl (C=O) groups excluding carboxylic acids is 3. The normalized spacial score (nSPS) is 28.3. The second-order valence-electron chi connectivity index (χ2n) is 10.7. The van der Waals surface area contributed by atoms with Gasteiger partial charge in [0.1, 0.15) is 6.04 Å². The quantitative estimate of drug-likeness (QED) is 0.230. The summed E-state index contributed by atoms with van der Waals surface area (Å²) >= 11 is 8.10. The summed E-state index contributed by atoms with van der Waals surface area (Å²) in [5.74, 6) is -2.04. The fraction of sp³-hybridized carbons (Fsp3) is 0.552. The van der Waals surface area contributed by atoms with Crippen LogP contribution in [0.3, 0.4) is 0 Å². The number of para-hydroxylation sites is 1. The van der Waals surface area contributed by atoms with Gasteiger partial charge in [0.15, 0.2) is 0 Å². The van der Waals surface area contributed by atoms with Crippen LogP contribution in [-0.4, -0.2) is 69.6 Å².